The van der Waals surface area contributed by atoms with Crippen molar-refractivity contribution >= 4 is 130 Å². The van der Waals surface area contributed by atoms with Gasteiger partial charge in [-0.1, -0.05) is 151 Å². The van der Waals surface area contributed by atoms with Crippen molar-refractivity contribution in [2.75, 3.05) is 0 Å². The first-order chi connectivity index (χ1) is 48.9. The Kier molecular flexibility index (Phi) is 13.7. The first-order valence-corrected chi connectivity index (χ1v) is 33.7. The van der Waals surface area contributed by atoms with Gasteiger partial charge in [0, 0.05) is 74.1 Å². The van der Waals surface area contributed by atoms with Crippen LogP contribution in [0.25, 0.3) is 164 Å². The first kappa shape index (κ1) is 55.3. The molecule has 0 saturated heterocycles. The Hall–Kier alpha value is -11.0. The second-order valence-corrected chi connectivity index (χ2v) is 27.3. The summed E-state index contributed by atoms with van der Waals surface area (Å²) in [4.78, 5) is 0. The van der Waals surface area contributed by atoms with Crippen molar-refractivity contribution in [3.05, 3.63) is 270 Å². The summed E-state index contributed by atoms with van der Waals surface area (Å²) in [7, 11) is 6.23. The van der Waals surface area contributed by atoms with E-state index in [1.54, 1.807) is 6.07 Å². The maximum Gasteiger partial charge on any atom is 0.220 e. The lowest BCUT2D eigenvalue weighted by Crippen LogP contribution is -2.30. The summed E-state index contributed by atoms with van der Waals surface area (Å²) >= 11 is 0. The predicted molar refractivity (Wildman–Crippen MR) is 407 cm³/mol. The molecule has 18 aromatic rings. The zero-order chi connectivity index (χ0) is 71.0. The van der Waals surface area contributed by atoms with Crippen molar-refractivity contribution in [3.8, 4) is 33.8 Å². The SMILES string of the molecule is Cc1c(-c2c3ccc(CC(C)C)cc3cc[n+]2C)ccc2c1oc1cc3ccccc3cc12.[2H]C(C)(C)c1ccc2c(-c3ccc4c(oc5cc6ccccc6cc54)c3C)[n+](C)ccc2c1.[2H]C([2H])([2H])C([2H])(C)c1ccc2c(-c3ccc4c(oc5cc6ccccc6cc54)c3C)[n+](C)ccc2c1. The van der Waals surface area contributed by atoms with Crippen molar-refractivity contribution in [2.45, 2.75) is 80.5 Å². The normalized spacial score (nSPS) is 13.6. The third-order valence-corrected chi connectivity index (χ3v) is 20.2. The van der Waals surface area contributed by atoms with Gasteiger partial charge in [0.1, 0.15) is 54.6 Å². The fourth-order valence-electron chi connectivity index (χ4n) is 15.1. The molecule has 0 bridgehead atoms. The number of aryl methyl sites for hydroxylation is 6. The average molecular weight is 1270 g/mol. The number of rotatable bonds is 7. The van der Waals surface area contributed by atoms with E-state index in [2.05, 4.69) is 257 Å². The van der Waals surface area contributed by atoms with E-state index >= 15 is 0 Å². The van der Waals surface area contributed by atoms with Gasteiger partial charge in [-0.3, -0.25) is 0 Å². The second-order valence-electron chi connectivity index (χ2n) is 27.3. The Balaban J connectivity index is 0.000000119. The summed E-state index contributed by atoms with van der Waals surface area (Å²) in [6.45, 7) is 13.9. The second kappa shape index (κ2) is 24.1. The zero-order valence-electron chi connectivity index (χ0n) is 61.9. The molecule has 0 N–H and O–H groups in total. The largest absolute Gasteiger partial charge is 0.456 e. The van der Waals surface area contributed by atoms with Gasteiger partial charge in [0.15, 0.2) is 18.6 Å². The van der Waals surface area contributed by atoms with Crippen LogP contribution in [-0.4, -0.2) is 0 Å². The molecule has 474 valence electrons. The number of hydrogen-bond donors (Lipinski definition) is 0. The molecule has 0 aliphatic heterocycles. The number of pyridine rings is 3. The van der Waals surface area contributed by atoms with E-state index in [-0.39, 0.29) is 0 Å². The van der Waals surface area contributed by atoms with Crippen molar-refractivity contribution < 1.29 is 33.8 Å². The molecule has 6 heterocycles. The van der Waals surface area contributed by atoms with Crippen LogP contribution in [0.1, 0.15) is 93.5 Å². The van der Waals surface area contributed by atoms with E-state index in [0.717, 1.165) is 122 Å². The topological polar surface area (TPSA) is 51.1 Å². The molecule has 1 atom stereocenters. The van der Waals surface area contributed by atoms with Crippen LogP contribution in [0.5, 0.6) is 0 Å². The van der Waals surface area contributed by atoms with Crippen LogP contribution < -0.4 is 13.7 Å². The lowest BCUT2D eigenvalue weighted by atomic mass is 9.94. The molecule has 6 aromatic heterocycles. The fraction of sp³-hybridized carbons (Fsp3) is 0.176. The highest BCUT2D eigenvalue weighted by Crippen LogP contribution is 2.43. The van der Waals surface area contributed by atoms with Gasteiger partial charge in [-0.15, -0.1) is 0 Å². The molecule has 6 nitrogen and oxygen atoms in total. The summed E-state index contributed by atoms with van der Waals surface area (Å²) in [6.07, 6.45) is 7.36. The van der Waals surface area contributed by atoms with Gasteiger partial charge in [0.25, 0.3) is 0 Å². The number of fused-ring (bicyclic) bond motifs is 15. The third kappa shape index (κ3) is 10.6. The third-order valence-electron chi connectivity index (χ3n) is 20.2. The van der Waals surface area contributed by atoms with Gasteiger partial charge in [-0.25, -0.2) is 13.7 Å². The Morgan fingerprint density at radius 3 is 0.990 bits per heavy atom. The number of furan rings is 3. The molecule has 18 rings (SSSR count). The number of benzene rings is 12. The molecule has 12 aromatic carbocycles. The lowest BCUT2D eigenvalue weighted by Gasteiger charge is -2.11. The van der Waals surface area contributed by atoms with Crippen molar-refractivity contribution in [1.82, 2.24) is 0 Å². The van der Waals surface area contributed by atoms with Crippen molar-refractivity contribution in [1.29, 1.82) is 0 Å². The van der Waals surface area contributed by atoms with Crippen LogP contribution in [0.3, 0.4) is 0 Å². The highest BCUT2D eigenvalue weighted by molar-refractivity contribution is 6.15. The van der Waals surface area contributed by atoms with Gasteiger partial charge >= 0.3 is 0 Å². The quantitative estimate of drug-likeness (QED) is 0.149. The molecule has 0 saturated carbocycles. The molecule has 0 amide bonds. The van der Waals surface area contributed by atoms with Crippen LogP contribution in [0, 0.1) is 26.7 Å². The Labute approximate surface area is 572 Å². The fourth-order valence-corrected chi connectivity index (χ4v) is 15.1. The molecule has 1 unspecified atom stereocenters. The van der Waals surface area contributed by atoms with E-state index in [9.17, 15) is 0 Å². The standard InChI is InChI=1S/C31H28NO.2C30H26NO/c1-19(2)15-21-9-10-26-24(16-21)13-14-32(4)30(26)25-11-12-27-28-17-22-7-5-6-8-23(22)18-29(28)33-31(27)20(25)3;2*1-18(2)20-9-10-25-23(15-20)13-14-31(4)29(25)24-11-12-26-27-16-21-7-5-6-8-22(21)17-28(27)32-30(26)19(24)3/h5-14,16-19H,15H2,1-4H3;2*5-18H,1-4H3/q3*+1/i;1D3,18D;18D. The molecular formula is C91H80N3O3+3. The van der Waals surface area contributed by atoms with Crippen LogP contribution >= 0.6 is 0 Å². The summed E-state index contributed by atoms with van der Waals surface area (Å²) in [5.74, 6) is -1.67. The number of aromatic nitrogens is 3. The van der Waals surface area contributed by atoms with Gasteiger partial charge in [0.2, 0.25) is 17.1 Å². The van der Waals surface area contributed by atoms with E-state index in [1.807, 2.05) is 57.4 Å². The van der Waals surface area contributed by atoms with Crippen LogP contribution in [0.2, 0.25) is 0 Å². The monoisotopic (exact) mass is 1270 g/mol. The Morgan fingerprint density at radius 2 is 0.649 bits per heavy atom. The van der Waals surface area contributed by atoms with Crippen LogP contribution in [0.4, 0.5) is 0 Å². The maximum atomic E-state index is 8.50. The van der Waals surface area contributed by atoms with Gasteiger partial charge in [-0.2, -0.15) is 0 Å². The summed E-state index contributed by atoms with van der Waals surface area (Å²) in [6, 6.07) is 76.6. The minimum absolute atomic E-state index is 0.478. The summed E-state index contributed by atoms with van der Waals surface area (Å²) in [5.41, 5.74) is 18.6. The van der Waals surface area contributed by atoms with Gasteiger partial charge in [-0.05, 0) is 201 Å². The van der Waals surface area contributed by atoms with Gasteiger partial charge in [0.05, 0.1) is 32.8 Å². The summed E-state index contributed by atoms with van der Waals surface area (Å²) < 4.78 is 66.2. The van der Waals surface area contributed by atoms with Crippen LogP contribution in [-0.2, 0) is 27.6 Å². The molecule has 0 radical (unpaired) electrons. The molecule has 0 fully saturated rings. The Bertz CT molecular complexity index is 6480. The zero-order valence-corrected chi connectivity index (χ0v) is 56.9. The van der Waals surface area contributed by atoms with E-state index in [0.29, 0.717) is 11.5 Å². The smallest absolute Gasteiger partial charge is 0.220 e. The highest BCUT2D eigenvalue weighted by Gasteiger charge is 2.26. The van der Waals surface area contributed by atoms with Gasteiger partial charge < -0.3 is 13.3 Å². The first-order valence-electron chi connectivity index (χ1n) is 36.2. The minimum Gasteiger partial charge on any atom is -0.456 e. The van der Waals surface area contributed by atoms with Crippen molar-refractivity contribution in [2.24, 2.45) is 27.1 Å². The number of hydrogen-bond acceptors (Lipinski definition) is 3. The average Bonchev–Trinajstić information content (AvgIpc) is 1.49. The van der Waals surface area contributed by atoms with E-state index in [1.165, 1.54) is 83.2 Å². The van der Waals surface area contributed by atoms with E-state index < -0.39 is 18.6 Å². The van der Waals surface area contributed by atoms with Crippen molar-refractivity contribution in [3.63, 3.8) is 0 Å². The molecule has 6 heteroatoms. The van der Waals surface area contributed by atoms with Crippen LogP contribution in [0.15, 0.2) is 250 Å². The minimum atomic E-state index is -2.42. The highest BCUT2D eigenvalue weighted by atomic mass is 16.3. The molecule has 0 aliphatic carbocycles. The maximum absolute atomic E-state index is 8.50. The molecule has 97 heavy (non-hydrogen) atoms. The molecular weight excluding hydrogens is 1180 g/mol. The predicted octanol–water partition coefficient (Wildman–Crippen LogP) is 23.5. The lowest BCUT2D eigenvalue weighted by molar-refractivity contribution is -0.659. The van der Waals surface area contributed by atoms with E-state index in [4.69, 9.17) is 20.1 Å². The summed E-state index contributed by atoms with van der Waals surface area (Å²) in [5, 5.41) is 20.8. The molecule has 0 spiro atoms. The Morgan fingerprint density at radius 1 is 0.330 bits per heavy atom. The number of nitrogens with zero attached hydrogens (tertiary/aromatic N) is 3. The molecule has 0 aliphatic rings.